The van der Waals surface area contributed by atoms with Gasteiger partial charge in [-0.05, 0) is 18.1 Å². The lowest BCUT2D eigenvalue weighted by molar-refractivity contribution is -0.118. The molecule has 2 saturated heterocycles. The Balaban J connectivity index is 2.02. The van der Waals surface area contributed by atoms with Gasteiger partial charge in [-0.1, -0.05) is 54.9 Å². The number of amides is 1. The normalized spacial score (nSPS) is 26.4. The first-order valence-electron chi connectivity index (χ1n) is 7.90. The molecule has 1 aromatic carbocycles. The van der Waals surface area contributed by atoms with Crippen molar-refractivity contribution in [3.05, 3.63) is 28.2 Å². The number of halogens is 2. The molecule has 0 saturated carbocycles. The van der Waals surface area contributed by atoms with Crippen LogP contribution in [-0.2, 0) is 14.6 Å². The van der Waals surface area contributed by atoms with E-state index < -0.39 is 9.84 Å². The van der Waals surface area contributed by atoms with E-state index in [9.17, 15) is 13.2 Å². The van der Waals surface area contributed by atoms with Gasteiger partial charge in [-0.2, -0.15) is 4.99 Å². The minimum absolute atomic E-state index is 0.0187. The zero-order valence-electron chi connectivity index (χ0n) is 13.8. The highest BCUT2D eigenvalue weighted by Gasteiger charge is 2.49. The lowest BCUT2D eigenvalue weighted by Crippen LogP contribution is -2.38. The van der Waals surface area contributed by atoms with Crippen LogP contribution in [0.15, 0.2) is 23.2 Å². The quantitative estimate of drug-likeness (QED) is 0.746. The van der Waals surface area contributed by atoms with Gasteiger partial charge in [0.05, 0.1) is 33.3 Å². The first kappa shape index (κ1) is 19.0. The molecule has 0 radical (unpaired) electrons. The molecule has 0 unspecified atom stereocenters. The number of rotatable bonds is 3. The Hall–Kier alpha value is -0.760. The Bertz CT molecular complexity index is 840. The fourth-order valence-electron chi connectivity index (χ4n) is 3.03. The van der Waals surface area contributed by atoms with E-state index in [0.717, 1.165) is 0 Å². The maximum absolute atomic E-state index is 12.2. The topological polar surface area (TPSA) is 66.8 Å². The molecule has 1 amide bonds. The molecule has 0 aliphatic carbocycles. The van der Waals surface area contributed by atoms with Crippen LogP contribution in [0.2, 0.25) is 10.0 Å². The summed E-state index contributed by atoms with van der Waals surface area (Å²) in [4.78, 5) is 18.2. The Kier molecular flexibility index (Phi) is 5.40. The zero-order valence-corrected chi connectivity index (χ0v) is 16.9. The van der Waals surface area contributed by atoms with E-state index in [1.54, 1.807) is 23.1 Å². The number of sulfone groups is 1. The molecular weight excluding hydrogens is 403 g/mol. The van der Waals surface area contributed by atoms with E-state index >= 15 is 0 Å². The third-order valence-corrected chi connectivity index (χ3v) is 8.08. The second-order valence-electron chi connectivity index (χ2n) is 6.63. The van der Waals surface area contributed by atoms with Gasteiger partial charge < -0.3 is 4.90 Å². The van der Waals surface area contributed by atoms with Crippen LogP contribution in [0, 0.1) is 5.92 Å². The number of carbonyl (C=O) groups is 1. The third kappa shape index (κ3) is 3.99. The van der Waals surface area contributed by atoms with Crippen molar-refractivity contribution in [2.75, 3.05) is 16.4 Å². The van der Waals surface area contributed by atoms with E-state index in [0.29, 0.717) is 27.3 Å². The third-order valence-electron chi connectivity index (χ3n) is 4.06. The average molecular weight is 421 g/mol. The maximum atomic E-state index is 12.2. The van der Waals surface area contributed by atoms with Crippen molar-refractivity contribution in [1.29, 1.82) is 0 Å². The predicted molar refractivity (Wildman–Crippen MR) is 105 cm³/mol. The standard InChI is InChI=1S/C16H18Cl2N2O3S2/c1-9(2)6-14(21)19-16-20(11-5-3-4-10(17)15(11)18)12-7-25(22,23)8-13(12)24-16/h3-5,9,12-13H,6-8H2,1-2H3/t12-,13-/m1/s1. The summed E-state index contributed by atoms with van der Waals surface area (Å²) < 4.78 is 24.1. The van der Waals surface area contributed by atoms with Crippen molar-refractivity contribution < 1.29 is 13.2 Å². The largest absolute Gasteiger partial charge is 0.314 e. The van der Waals surface area contributed by atoms with Crippen molar-refractivity contribution in [3.8, 4) is 0 Å². The fourth-order valence-corrected chi connectivity index (χ4v) is 7.34. The van der Waals surface area contributed by atoms with E-state index in [4.69, 9.17) is 23.2 Å². The fraction of sp³-hybridized carbons (Fsp3) is 0.500. The number of carbonyl (C=O) groups excluding carboxylic acids is 1. The molecule has 0 aromatic heterocycles. The van der Waals surface area contributed by atoms with E-state index in [1.807, 2.05) is 13.8 Å². The molecule has 2 fully saturated rings. The number of hydrogen-bond acceptors (Lipinski definition) is 4. The summed E-state index contributed by atoms with van der Waals surface area (Å²) in [5, 5.41) is 1.05. The molecule has 2 aliphatic heterocycles. The smallest absolute Gasteiger partial charge is 0.248 e. The molecule has 0 spiro atoms. The summed E-state index contributed by atoms with van der Waals surface area (Å²) in [6.07, 6.45) is 0.342. The van der Waals surface area contributed by atoms with Crippen LogP contribution >= 0.6 is 35.0 Å². The van der Waals surface area contributed by atoms with E-state index in [1.165, 1.54) is 11.8 Å². The molecule has 2 aliphatic rings. The molecule has 9 heteroatoms. The average Bonchev–Trinajstić information content (AvgIpc) is 2.92. The van der Waals surface area contributed by atoms with Crippen molar-refractivity contribution in [1.82, 2.24) is 0 Å². The second kappa shape index (κ2) is 7.10. The van der Waals surface area contributed by atoms with Gasteiger partial charge in [-0.25, -0.2) is 8.42 Å². The summed E-state index contributed by atoms with van der Waals surface area (Å²) in [5.74, 6) is 0.0779. The molecule has 2 heterocycles. The van der Waals surface area contributed by atoms with Crippen molar-refractivity contribution in [2.24, 2.45) is 10.9 Å². The molecule has 1 aromatic rings. The van der Waals surface area contributed by atoms with Crippen LogP contribution in [-0.4, -0.2) is 42.3 Å². The lowest BCUT2D eigenvalue weighted by Gasteiger charge is -2.25. The lowest BCUT2D eigenvalue weighted by atomic mass is 10.1. The van der Waals surface area contributed by atoms with Gasteiger partial charge in [0.2, 0.25) is 5.91 Å². The number of hydrogen-bond donors (Lipinski definition) is 0. The monoisotopic (exact) mass is 420 g/mol. The van der Waals surface area contributed by atoms with Crippen LogP contribution in [0.3, 0.4) is 0 Å². The van der Waals surface area contributed by atoms with Crippen LogP contribution < -0.4 is 4.90 Å². The number of thioether (sulfide) groups is 1. The molecule has 2 atom stereocenters. The molecular formula is C16H18Cl2N2O3S2. The number of benzene rings is 1. The Morgan fingerprint density at radius 1 is 1.36 bits per heavy atom. The predicted octanol–water partition coefficient (Wildman–Crippen LogP) is 3.64. The number of nitrogens with zero attached hydrogens (tertiary/aromatic N) is 2. The molecule has 5 nitrogen and oxygen atoms in total. The highest BCUT2D eigenvalue weighted by Crippen LogP contribution is 2.44. The van der Waals surface area contributed by atoms with Gasteiger partial charge in [0.15, 0.2) is 15.0 Å². The first-order valence-corrected chi connectivity index (χ1v) is 11.4. The zero-order chi connectivity index (χ0) is 18.4. The number of amidine groups is 1. The van der Waals surface area contributed by atoms with Gasteiger partial charge in [-0.3, -0.25) is 4.79 Å². The van der Waals surface area contributed by atoms with Crippen LogP contribution in [0.5, 0.6) is 0 Å². The minimum atomic E-state index is -3.12. The Morgan fingerprint density at radius 2 is 2.08 bits per heavy atom. The number of fused-ring (bicyclic) bond motifs is 1. The Morgan fingerprint density at radius 3 is 2.76 bits per heavy atom. The summed E-state index contributed by atoms with van der Waals surface area (Å²) in [7, 11) is -3.12. The van der Waals surface area contributed by atoms with Crippen molar-refractivity contribution in [3.63, 3.8) is 0 Å². The van der Waals surface area contributed by atoms with Gasteiger partial charge in [0, 0.05) is 11.7 Å². The summed E-state index contributed by atoms with van der Waals surface area (Å²) in [6.45, 7) is 3.90. The Labute approximate surface area is 161 Å². The van der Waals surface area contributed by atoms with Crippen LogP contribution in [0.4, 0.5) is 5.69 Å². The van der Waals surface area contributed by atoms with E-state index in [2.05, 4.69) is 4.99 Å². The number of aliphatic imine (C=N–C) groups is 1. The van der Waals surface area contributed by atoms with Gasteiger partial charge in [0.25, 0.3) is 0 Å². The summed E-state index contributed by atoms with van der Waals surface area (Å²) in [6, 6.07) is 4.89. The van der Waals surface area contributed by atoms with E-state index in [-0.39, 0.29) is 34.6 Å². The van der Waals surface area contributed by atoms with Crippen molar-refractivity contribution in [2.45, 2.75) is 31.6 Å². The maximum Gasteiger partial charge on any atom is 0.248 e. The number of anilines is 1. The van der Waals surface area contributed by atoms with Crippen LogP contribution in [0.1, 0.15) is 20.3 Å². The highest BCUT2D eigenvalue weighted by molar-refractivity contribution is 8.16. The molecule has 136 valence electrons. The second-order valence-corrected chi connectivity index (χ2v) is 10.8. The summed E-state index contributed by atoms with van der Waals surface area (Å²) in [5.41, 5.74) is 0.586. The van der Waals surface area contributed by atoms with Crippen LogP contribution in [0.25, 0.3) is 0 Å². The molecule has 3 rings (SSSR count). The SMILES string of the molecule is CC(C)CC(=O)N=C1S[C@@H]2CS(=O)(=O)C[C@H]2N1c1cccc(Cl)c1Cl. The molecule has 0 N–H and O–H groups in total. The van der Waals surface area contributed by atoms with Crippen molar-refractivity contribution >= 4 is 61.6 Å². The van der Waals surface area contributed by atoms with Gasteiger partial charge >= 0.3 is 0 Å². The molecule has 0 bridgehead atoms. The van der Waals surface area contributed by atoms with Gasteiger partial charge in [-0.15, -0.1) is 0 Å². The minimum Gasteiger partial charge on any atom is -0.314 e. The molecule has 25 heavy (non-hydrogen) atoms. The van der Waals surface area contributed by atoms with Gasteiger partial charge in [0.1, 0.15) is 0 Å². The highest BCUT2D eigenvalue weighted by atomic mass is 35.5. The first-order chi connectivity index (χ1) is 11.7. The summed E-state index contributed by atoms with van der Waals surface area (Å²) >= 11 is 13.8.